The molecular weight excluding hydrogens is 264 g/mol. The first-order valence-corrected chi connectivity index (χ1v) is 6.90. The van der Waals surface area contributed by atoms with Gasteiger partial charge in [0.05, 0.1) is 6.21 Å². The topological polar surface area (TPSA) is 58.4 Å². The monoisotopic (exact) mass is 284 g/mol. The zero-order valence-corrected chi connectivity index (χ0v) is 12.5. The molecule has 2 N–H and O–H groups in total. The highest BCUT2D eigenvalue weighted by atomic mass is 16.2. The molecule has 0 spiro atoms. The van der Waals surface area contributed by atoms with Gasteiger partial charge in [0.2, 0.25) is 0 Å². The number of amides is 2. The Kier molecular flexibility index (Phi) is 4.77. The van der Waals surface area contributed by atoms with E-state index in [9.17, 15) is 4.79 Å². The van der Waals surface area contributed by atoms with Crippen molar-refractivity contribution in [3.05, 3.63) is 53.9 Å². The lowest BCUT2D eigenvalue weighted by Crippen LogP contribution is -2.24. The van der Waals surface area contributed by atoms with Crippen molar-refractivity contribution >= 4 is 17.9 Å². The number of anilines is 1. The number of hydrogen-bond acceptors (Lipinski definition) is 2. The summed E-state index contributed by atoms with van der Waals surface area (Å²) in [4.78, 5) is 11.6. The van der Waals surface area contributed by atoms with Gasteiger partial charge >= 0.3 is 6.03 Å². The normalized spacial score (nSPS) is 11.0. The van der Waals surface area contributed by atoms with E-state index in [0.717, 1.165) is 11.3 Å². The summed E-state index contributed by atoms with van der Waals surface area (Å²) < 4.78 is 2.16. The van der Waals surface area contributed by atoms with Crippen molar-refractivity contribution in [2.75, 3.05) is 5.32 Å². The average Bonchev–Trinajstić information content (AvgIpc) is 2.81. The average molecular weight is 284 g/mol. The SMILES string of the molecule is Cc1cc(/C=N/NC(=O)Nc2ccccc2)cn1C(C)C. The molecule has 0 bridgehead atoms. The minimum absolute atomic E-state index is 0.363. The number of carbonyl (C=O) groups excluding carboxylic acids is 1. The Morgan fingerprint density at radius 3 is 2.62 bits per heavy atom. The van der Waals surface area contributed by atoms with Crippen LogP contribution in [0.2, 0.25) is 0 Å². The minimum atomic E-state index is -0.363. The number of nitrogens with one attached hydrogen (secondary N) is 2. The molecule has 110 valence electrons. The summed E-state index contributed by atoms with van der Waals surface area (Å²) in [6.45, 7) is 6.30. The van der Waals surface area contributed by atoms with Crippen LogP contribution in [0, 0.1) is 6.92 Å². The second-order valence-electron chi connectivity index (χ2n) is 5.11. The van der Waals surface area contributed by atoms with E-state index < -0.39 is 0 Å². The second kappa shape index (κ2) is 6.74. The number of rotatable bonds is 4. The van der Waals surface area contributed by atoms with E-state index in [1.54, 1.807) is 6.21 Å². The lowest BCUT2D eigenvalue weighted by Gasteiger charge is -2.08. The van der Waals surface area contributed by atoms with E-state index in [-0.39, 0.29) is 6.03 Å². The molecule has 5 nitrogen and oxygen atoms in total. The molecule has 0 radical (unpaired) electrons. The second-order valence-corrected chi connectivity index (χ2v) is 5.11. The number of aromatic nitrogens is 1. The molecule has 1 aromatic carbocycles. The first kappa shape index (κ1) is 14.8. The number of nitrogens with zero attached hydrogens (tertiary/aromatic N) is 2. The molecule has 0 unspecified atom stereocenters. The van der Waals surface area contributed by atoms with Gasteiger partial charge in [0, 0.05) is 29.2 Å². The van der Waals surface area contributed by atoms with Crippen molar-refractivity contribution in [1.29, 1.82) is 0 Å². The van der Waals surface area contributed by atoms with Crippen molar-refractivity contribution in [2.45, 2.75) is 26.8 Å². The Morgan fingerprint density at radius 2 is 2.00 bits per heavy atom. The summed E-state index contributed by atoms with van der Waals surface area (Å²) in [7, 11) is 0. The van der Waals surface area contributed by atoms with Gasteiger partial charge < -0.3 is 9.88 Å². The Labute approximate surface area is 124 Å². The van der Waals surface area contributed by atoms with E-state index in [0.29, 0.717) is 6.04 Å². The molecule has 0 aliphatic carbocycles. The first-order chi connectivity index (χ1) is 10.1. The number of carbonyl (C=O) groups is 1. The fourth-order valence-corrected chi connectivity index (χ4v) is 2.09. The lowest BCUT2D eigenvalue weighted by molar-refractivity contribution is 0.252. The molecule has 2 rings (SSSR count). The Hall–Kier alpha value is -2.56. The fraction of sp³-hybridized carbons (Fsp3) is 0.250. The highest BCUT2D eigenvalue weighted by Crippen LogP contribution is 2.12. The number of para-hydroxylation sites is 1. The molecule has 2 amide bonds. The summed E-state index contributed by atoms with van der Waals surface area (Å²) in [6.07, 6.45) is 3.65. The standard InChI is InChI=1S/C16H20N4O/c1-12(2)20-11-14(9-13(20)3)10-17-19-16(21)18-15-7-5-4-6-8-15/h4-12H,1-3H3,(H2,18,19,21)/b17-10+. The predicted octanol–water partition coefficient (Wildman–Crippen LogP) is 3.53. The lowest BCUT2D eigenvalue weighted by atomic mass is 10.3. The number of urea groups is 1. The van der Waals surface area contributed by atoms with Crippen LogP contribution in [0.1, 0.15) is 31.1 Å². The third kappa shape index (κ3) is 4.21. The minimum Gasteiger partial charge on any atom is -0.349 e. The van der Waals surface area contributed by atoms with Gasteiger partial charge in [-0.2, -0.15) is 5.10 Å². The van der Waals surface area contributed by atoms with Crippen molar-refractivity contribution in [2.24, 2.45) is 5.10 Å². The van der Waals surface area contributed by atoms with Crippen LogP contribution < -0.4 is 10.7 Å². The van der Waals surface area contributed by atoms with E-state index in [1.165, 1.54) is 5.69 Å². The third-order valence-electron chi connectivity index (χ3n) is 3.04. The molecule has 2 aromatic rings. The molecule has 0 fully saturated rings. The van der Waals surface area contributed by atoms with Crippen molar-refractivity contribution < 1.29 is 4.79 Å². The van der Waals surface area contributed by atoms with E-state index in [2.05, 4.69) is 34.3 Å². The number of hydrazone groups is 1. The van der Waals surface area contributed by atoms with Crippen LogP contribution in [0.3, 0.4) is 0 Å². The van der Waals surface area contributed by atoms with E-state index in [1.807, 2.05) is 49.5 Å². The van der Waals surface area contributed by atoms with Crippen molar-refractivity contribution in [1.82, 2.24) is 9.99 Å². The van der Waals surface area contributed by atoms with Crippen molar-refractivity contribution in [3.8, 4) is 0 Å². The van der Waals surface area contributed by atoms with Gasteiger partial charge in [0.25, 0.3) is 0 Å². The van der Waals surface area contributed by atoms with Crippen LogP contribution in [0.5, 0.6) is 0 Å². The maximum Gasteiger partial charge on any atom is 0.339 e. The smallest absolute Gasteiger partial charge is 0.339 e. The number of aryl methyl sites for hydroxylation is 1. The molecule has 0 aliphatic rings. The summed E-state index contributed by atoms with van der Waals surface area (Å²) in [5.41, 5.74) is 5.30. The molecule has 0 saturated heterocycles. The van der Waals surface area contributed by atoms with Gasteiger partial charge in [-0.1, -0.05) is 18.2 Å². The molecule has 5 heteroatoms. The van der Waals surface area contributed by atoms with Crippen LogP contribution in [-0.2, 0) is 0 Å². The van der Waals surface area contributed by atoms with Gasteiger partial charge in [-0.25, -0.2) is 10.2 Å². The van der Waals surface area contributed by atoms with E-state index in [4.69, 9.17) is 0 Å². The largest absolute Gasteiger partial charge is 0.349 e. The van der Waals surface area contributed by atoms with Crippen LogP contribution >= 0.6 is 0 Å². The van der Waals surface area contributed by atoms with Gasteiger partial charge in [0.1, 0.15) is 0 Å². The summed E-state index contributed by atoms with van der Waals surface area (Å²) in [5.74, 6) is 0. The molecular formula is C16H20N4O. The fourth-order valence-electron chi connectivity index (χ4n) is 2.09. The molecule has 1 aromatic heterocycles. The van der Waals surface area contributed by atoms with Crippen LogP contribution in [0.15, 0.2) is 47.7 Å². The molecule has 21 heavy (non-hydrogen) atoms. The quantitative estimate of drug-likeness (QED) is 0.655. The number of benzene rings is 1. The highest BCUT2D eigenvalue weighted by Gasteiger charge is 2.03. The number of hydrogen-bond donors (Lipinski definition) is 2. The maximum atomic E-state index is 11.6. The zero-order valence-electron chi connectivity index (χ0n) is 12.5. The molecule has 0 saturated carbocycles. The van der Waals surface area contributed by atoms with Gasteiger partial charge in [0.15, 0.2) is 0 Å². The zero-order chi connectivity index (χ0) is 15.2. The highest BCUT2D eigenvalue weighted by molar-refractivity contribution is 5.90. The molecule has 1 heterocycles. The van der Waals surface area contributed by atoms with Gasteiger partial charge in [-0.3, -0.25) is 0 Å². The van der Waals surface area contributed by atoms with Crippen LogP contribution in [-0.4, -0.2) is 16.8 Å². The maximum absolute atomic E-state index is 11.6. The summed E-state index contributed by atoms with van der Waals surface area (Å²) in [5, 5.41) is 6.65. The predicted molar refractivity (Wildman–Crippen MR) is 85.7 cm³/mol. The molecule has 0 atom stereocenters. The van der Waals surface area contributed by atoms with E-state index >= 15 is 0 Å². The third-order valence-corrected chi connectivity index (χ3v) is 3.04. The van der Waals surface area contributed by atoms with Crippen LogP contribution in [0.25, 0.3) is 0 Å². The Morgan fingerprint density at radius 1 is 1.29 bits per heavy atom. The summed E-state index contributed by atoms with van der Waals surface area (Å²) in [6, 6.07) is 11.3. The molecule has 0 aliphatic heterocycles. The Bertz CT molecular complexity index is 629. The van der Waals surface area contributed by atoms with Crippen LogP contribution in [0.4, 0.5) is 10.5 Å². The first-order valence-electron chi connectivity index (χ1n) is 6.90. The van der Waals surface area contributed by atoms with Crippen molar-refractivity contribution in [3.63, 3.8) is 0 Å². The van der Waals surface area contributed by atoms with Gasteiger partial charge in [-0.15, -0.1) is 0 Å². The Balaban J connectivity index is 1.90. The summed E-state index contributed by atoms with van der Waals surface area (Å²) >= 11 is 0. The van der Waals surface area contributed by atoms with Gasteiger partial charge in [-0.05, 0) is 39.0 Å².